The van der Waals surface area contributed by atoms with Crippen LogP contribution < -0.4 is 4.90 Å². The Balaban J connectivity index is 1.12. The first kappa shape index (κ1) is 61.6. The summed E-state index contributed by atoms with van der Waals surface area (Å²) in [5, 5.41) is 3.61. The lowest BCUT2D eigenvalue weighted by molar-refractivity contribution is 0.0927. The zero-order chi connectivity index (χ0) is 59.4. The first-order valence-corrected chi connectivity index (χ1v) is 37.2. The third-order valence-corrected chi connectivity index (χ3v) is 26.5. The van der Waals surface area contributed by atoms with Gasteiger partial charge in [0.25, 0.3) is 11.8 Å². The number of fused-ring (bicyclic) bond motifs is 5. The monoisotopic (exact) mass is 1240 g/mol. The molecule has 9 heteroatoms. The number of anilines is 1. The molecule has 0 fully saturated rings. The number of aryl methyl sites for hydroxylation is 1. The molecule has 1 aliphatic rings. The lowest BCUT2D eigenvalue weighted by Gasteiger charge is -2.30. The van der Waals surface area contributed by atoms with Crippen LogP contribution in [0, 0.1) is 11.8 Å². The van der Waals surface area contributed by atoms with Crippen molar-refractivity contribution in [2.75, 3.05) is 4.90 Å². The minimum atomic E-state index is -0.416. The van der Waals surface area contributed by atoms with Crippen LogP contribution in [0.2, 0.25) is 0 Å². The standard InChI is InChI=1S/C76H87NO2S6/c1-10-16-19-20-21-24-31-51-36-38-54(39-37-51)77-73(78)66-65-70(84-71(66)74(77)79)69(85-72(65)76(9,44-13-4)53-34-27-23-28-35-53)61-47-57-63(59-42-40-55(80-59)45-49(14-5)29-17-11-2)68-58(48-62(83-68)75(7,8)52-32-25-22-26-33-52)64(67(57)82-61)60-43-41-56(81-60)46-50(15-6)30-18-12-3/h22-23,25-28,32-43,47-50H,10-21,24,29-31,44-46H2,1-9H3. The molecule has 6 aromatic heterocycles. The highest BCUT2D eigenvalue weighted by Crippen LogP contribution is 2.59. The molecule has 2 amide bonds. The number of benzene rings is 4. The Morgan fingerprint density at radius 3 is 1.62 bits per heavy atom. The second-order valence-electron chi connectivity index (χ2n) is 25.1. The van der Waals surface area contributed by atoms with Gasteiger partial charge in [-0.05, 0) is 109 Å². The van der Waals surface area contributed by atoms with Gasteiger partial charge in [0, 0.05) is 81.7 Å². The molecule has 11 rings (SSSR count). The lowest BCUT2D eigenvalue weighted by atomic mass is 9.76. The molecule has 4 aromatic carbocycles. The Labute approximate surface area is 531 Å². The second kappa shape index (κ2) is 27.2. The van der Waals surface area contributed by atoms with Crippen LogP contribution >= 0.6 is 68.0 Å². The third kappa shape index (κ3) is 12.3. The van der Waals surface area contributed by atoms with Crippen molar-refractivity contribution < 1.29 is 9.59 Å². The van der Waals surface area contributed by atoms with Crippen LogP contribution in [-0.2, 0) is 30.1 Å². The number of nitrogens with zero attached hydrogens (tertiary/aromatic N) is 1. The fourth-order valence-corrected chi connectivity index (χ4v) is 21.6. The van der Waals surface area contributed by atoms with Crippen molar-refractivity contribution in [2.45, 2.75) is 195 Å². The summed E-state index contributed by atoms with van der Waals surface area (Å²) < 4.78 is 3.74. The quantitative estimate of drug-likeness (QED) is 0.0346. The van der Waals surface area contributed by atoms with E-state index in [1.165, 1.54) is 175 Å². The number of amides is 2. The molecule has 0 saturated heterocycles. The minimum Gasteiger partial charge on any atom is -0.268 e. The molecule has 10 aromatic rings. The van der Waals surface area contributed by atoms with Crippen molar-refractivity contribution >= 4 is 116 Å². The van der Waals surface area contributed by atoms with Crippen molar-refractivity contribution in [3.63, 3.8) is 0 Å². The van der Waals surface area contributed by atoms with Crippen LogP contribution in [0.25, 0.3) is 60.9 Å². The fraction of sp³-hybridized carbons (Fsp3) is 0.421. The van der Waals surface area contributed by atoms with E-state index in [1.807, 2.05) is 68.8 Å². The summed E-state index contributed by atoms with van der Waals surface area (Å²) in [7, 11) is 0. The summed E-state index contributed by atoms with van der Waals surface area (Å²) in [6.07, 6.45) is 22.5. The van der Waals surface area contributed by atoms with Gasteiger partial charge in [0.15, 0.2) is 0 Å². The van der Waals surface area contributed by atoms with Gasteiger partial charge < -0.3 is 0 Å². The first-order valence-electron chi connectivity index (χ1n) is 32.3. The van der Waals surface area contributed by atoms with Crippen molar-refractivity contribution in [2.24, 2.45) is 11.8 Å². The van der Waals surface area contributed by atoms with E-state index in [4.69, 9.17) is 0 Å². The summed E-state index contributed by atoms with van der Waals surface area (Å²) in [6.45, 7) is 21.1. The largest absolute Gasteiger partial charge is 0.276 e. The predicted molar refractivity (Wildman–Crippen MR) is 378 cm³/mol. The third-order valence-electron chi connectivity index (χ3n) is 18.7. The average molecular weight is 1240 g/mol. The smallest absolute Gasteiger partial charge is 0.268 e. The Morgan fingerprint density at radius 2 is 1.04 bits per heavy atom. The van der Waals surface area contributed by atoms with E-state index in [9.17, 15) is 0 Å². The number of rotatable bonds is 29. The number of hydrogen-bond donors (Lipinski definition) is 0. The van der Waals surface area contributed by atoms with Crippen LogP contribution in [0.4, 0.5) is 5.69 Å². The molecule has 7 heterocycles. The molecular weight excluding hydrogens is 1150 g/mol. The number of unbranched alkanes of at least 4 members (excludes halogenated alkanes) is 7. The minimum absolute atomic E-state index is 0.204. The summed E-state index contributed by atoms with van der Waals surface area (Å²) in [4.78, 5) is 43.1. The molecule has 0 aliphatic carbocycles. The number of carbonyl (C=O) groups is 2. The van der Waals surface area contributed by atoms with Gasteiger partial charge in [-0.25, -0.2) is 4.90 Å². The molecule has 0 N–H and O–H groups in total. The van der Waals surface area contributed by atoms with Crippen LogP contribution in [0.15, 0.2) is 121 Å². The van der Waals surface area contributed by atoms with E-state index in [-0.39, 0.29) is 17.2 Å². The van der Waals surface area contributed by atoms with E-state index in [0.29, 0.717) is 28.0 Å². The van der Waals surface area contributed by atoms with Crippen LogP contribution in [0.5, 0.6) is 0 Å². The van der Waals surface area contributed by atoms with Crippen LogP contribution in [-0.4, -0.2) is 11.8 Å². The van der Waals surface area contributed by atoms with E-state index >= 15 is 9.59 Å². The topological polar surface area (TPSA) is 37.4 Å². The van der Waals surface area contributed by atoms with Gasteiger partial charge in [0.05, 0.1) is 20.8 Å². The fourth-order valence-electron chi connectivity index (χ4n) is 13.4. The maximum Gasteiger partial charge on any atom is 0.276 e. The van der Waals surface area contributed by atoms with E-state index in [1.54, 1.807) is 11.3 Å². The van der Waals surface area contributed by atoms with E-state index in [2.05, 4.69) is 172 Å². The molecule has 0 radical (unpaired) electrons. The summed E-state index contributed by atoms with van der Waals surface area (Å²) in [6, 6.07) is 45.2. The van der Waals surface area contributed by atoms with Gasteiger partial charge in [-0.1, -0.05) is 225 Å². The Morgan fingerprint density at radius 1 is 0.471 bits per heavy atom. The molecule has 444 valence electrons. The maximum absolute atomic E-state index is 15.4. The summed E-state index contributed by atoms with van der Waals surface area (Å²) in [5.41, 5.74) is 7.10. The van der Waals surface area contributed by atoms with Crippen LogP contribution in [0.1, 0.15) is 221 Å². The van der Waals surface area contributed by atoms with Crippen molar-refractivity contribution in [1.29, 1.82) is 0 Å². The number of carbonyl (C=O) groups excluding carboxylic acids is 2. The highest BCUT2D eigenvalue weighted by molar-refractivity contribution is 7.32. The molecule has 3 atom stereocenters. The van der Waals surface area contributed by atoms with Crippen molar-refractivity contribution in [3.05, 3.63) is 168 Å². The Bertz CT molecular complexity index is 3790. The van der Waals surface area contributed by atoms with Gasteiger partial charge in [-0.3, -0.25) is 9.59 Å². The first-order chi connectivity index (χ1) is 41.3. The number of thiophene rings is 6. The molecule has 3 nitrogen and oxygen atoms in total. The van der Waals surface area contributed by atoms with Gasteiger partial charge >= 0.3 is 0 Å². The summed E-state index contributed by atoms with van der Waals surface area (Å²) in [5.74, 6) is 0.935. The SMILES string of the molecule is CCCCCCCCc1ccc(N2C(=O)c3sc4c(-c5cc6c(-c7ccc(CC(CC)CCCC)s7)c7sc(C(C)(C)c8ccccc8)cc7c(-c7ccc(CC(CC)CCCC)s7)c6s5)sc(C(C)(CCC)c5ccccc5)c4c3C2=O)cc1. The Hall–Kier alpha value is -5.00. The van der Waals surface area contributed by atoms with E-state index < -0.39 is 5.41 Å². The highest BCUT2D eigenvalue weighted by Gasteiger charge is 2.45. The van der Waals surface area contributed by atoms with Crippen molar-refractivity contribution in [1.82, 2.24) is 0 Å². The number of imide groups is 1. The normalized spacial score (nSPS) is 14.4. The molecule has 85 heavy (non-hydrogen) atoms. The van der Waals surface area contributed by atoms with Gasteiger partial charge in [-0.2, -0.15) is 0 Å². The predicted octanol–water partition coefficient (Wildman–Crippen LogP) is 25.2. The average Bonchev–Trinajstić information content (AvgIpc) is 1.67. The summed E-state index contributed by atoms with van der Waals surface area (Å²) >= 11 is 11.4. The molecule has 3 unspecified atom stereocenters. The molecule has 1 aliphatic heterocycles. The molecule has 0 saturated carbocycles. The number of hydrogen-bond acceptors (Lipinski definition) is 8. The molecular formula is C76H87NO2S6. The highest BCUT2D eigenvalue weighted by atomic mass is 32.1. The van der Waals surface area contributed by atoms with E-state index in [0.717, 1.165) is 48.6 Å². The maximum atomic E-state index is 15.4. The van der Waals surface area contributed by atoms with Crippen molar-refractivity contribution in [3.8, 4) is 30.6 Å². The zero-order valence-electron chi connectivity index (χ0n) is 51.8. The van der Waals surface area contributed by atoms with Crippen LogP contribution in [0.3, 0.4) is 0 Å². The Kier molecular flexibility index (Phi) is 19.7. The molecule has 0 spiro atoms. The second-order valence-corrected chi connectivity index (χ2v) is 31.6. The van der Waals surface area contributed by atoms with Gasteiger partial charge in [0.2, 0.25) is 0 Å². The zero-order valence-corrected chi connectivity index (χ0v) is 56.7. The van der Waals surface area contributed by atoms with Gasteiger partial charge in [0.1, 0.15) is 4.88 Å². The van der Waals surface area contributed by atoms with Gasteiger partial charge in [-0.15, -0.1) is 68.0 Å². The molecule has 0 bridgehead atoms. The lowest BCUT2D eigenvalue weighted by Crippen LogP contribution is -2.29.